The third-order valence-electron chi connectivity index (χ3n) is 5.57. The second-order valence-electron chi connectivity index (χ2n) is 8.17. The van der Waals surface area contributed by atoms with Gasteiger partial charge in [-0.1, -0.05) is 42.5 Å². The van der Waals surface area contributed by atoms with Crippen molar-refractivity contribution in [3.63, 3.8) is 0 Å². The molecule has 0 aliphatic rings. The zero-order chi connectivity index (χ0) is 25.7. The standard InChI is InChI=1S/C24H17F5N6O/c1-14-9-20(23(25,26)24(27,28)29)35-21(31-14)10-19(33-35)22(36)32-17-11-30-34(13-17)12-16-7-4-6-15-5-2-3-8-18(15)16/h2-11,13H,12H2,1H3,(H,32,36). The molecule has 2 aromatic carbocycles. The molecular formula is C24H17F5N6O. The minimum absolute atomic E-state index is 0.0806. The Labute approximate surface area is 200 Å². The fourth-order valence-electron chi connectivity index (χ4n) is 3.89. The van der Waals surface area contributed by atoms with Crippen LogP contribution in [-0.4, -0.2) is 36.5 Å². The molecule has 5 rings (SSSR count). The number of fused-ring (bicyclic) bond motifs is 2. The first kappa shape index (κ1) is 23.4. The summed E-state index contributed by atoms with van der Waals surface area (Å²) in [6.07, 6.45) is -2.88. The Morgan fingerprint density at radius 2 is 1.78 bits per heavy atom. The summed E-state index contributed by atoms with van der Waals surface area (Å²) in [4.78, 5) is 16.6. The monoisotopic (exact) mass is 500 g/mol. The van der Waals surface area contributed by atoms with Gasteiger partial charge in [-0.05, 0) is 29.3 Å². The molecule has 3 heterocycles. The number of alkyl halides is 5. The molecular weight excluding hydrogens is 483 g/mol. The predicted molar refractivity (Wildman–Crippen MR) is 121 cm³/mol. The highest BCUT2D eigenvalue weighted by Gasteiger charge is 2.60. The van der Waals surface area contributed by atoms with E-state index >= 15 is 0 Å². The lowest BCUT2D eigenvalue weighted by Gasteiger charge is -2.20. The van der Waals surface area contributed by atoms with E-state index in [1.165, 1.54) is 13.1 Å². The highest BCUT2D eigenvalue weighted by molar-refractivity contribution is 6.03. The summed E-state index contributed by atoms with van der Waals surface area (Å²) >= 11 is 0. The molecule has 1 amide bonds. The van der Waals surface area contributed by atoms with E-state index in [1.54, 1.807) is 10.9 Å². The van der Waals surface area contributed by atoms with Crippen LogP contribution in [0.1, 0.15) is 27.4 Å². The Kier molecular flexibility index (Phi) is 5.46. The van der Waals surface area contributed by atoms with E-state index in [1.807, 2.05) is 42.5 Å². The van der Waals surface area contributed by atoms with Crippen LogP contribution in [0.25, 0.3) is 16.4 Å². The largest absolute Gasteiger partial charge is 0.459 e. The molecule has 0 fully saturated rings. The van der Waals surface area contributed by atoms with Crippen molar-refractivity contribution in [2.75, 3.05) is 5.32 Å². The molecule has 12 heteroatoms. The number of nitrogens with zero attached hydrogens (tertiary/aromatic N) is 5. The van der Waals surface area contributed by atoms with Crippen LogP contribution in [0.4, 0.5) is 27.6 Å². The van der Waals surface area contributed by atoms with Crippen LogP contribution in [0, 0.1) is 6.92 Å². The predicted octanol–water partition coefficient (Wildman–Crippen LogP) is 5.34. The Hall–Kier alpha value is -4.35. The van der Waals surface area contributed by atoms with Crippen LogP contribution in [0.3, 0.4) is 0 Å². The zero-order valence-electron chi connectivity index (χ0n) is 18.6. The van der Waals surface area contributed by atoms with Crippen molar-refractivity contribution in [2.24, 2.45) is 0 Å². The number of anilines is 1. The summed E-state index contributed by atoms with van der Waals surface area (Å²) in [7, 11) is 0. The Bertz CT molecular complexity index is 1600. The number of nitrogens with one attached hydrogen (secondary N) is 1. The molecule has 0 radical (unpaired) electrons. The van der Waals surface area contributed by atoms with Gasteiger partial charge in [-0.3, -0.25) is 9.48 Å². The van der Waals surface area contributed by atoms with Crippen LogP contribution < -0.4 is 5.32 Å². The van der Waals surface area contributed by atoms with Gasteiger partial charge in [0.1, 0.15) is 5.69 Å². The van der Waals surface area contributed by atoms with Gasteiger partial charge in [-0.25, -0.2) is 9.50 Å². The lowest BCUT2D eigenvalue weighted by molar-refractivity contribution is -0.291. The number of halogens is 5. The Morgan fingerprint density at radius 1 is 1.03 bits per heavy atom. The second-order valence-corrected chi connectivity index (χ2v) is 8.17. The van der Waals surface area contributed by atoms with Gasteiger partial charge in [-0.15, -0.1) is 0 Å². The minimum atomic E-state index is -5.85. The maximum absolute atomic E-state index is 14.1. The van der Waals surface area contributed by atoms with E-state index in [-0.39, 0.29) is 17.0 Å². The topological polar surface area (TPSA) is 77.1 Å². The van der Waals surface area contributed by atoms with Crippen molar-refractivity contribution < 1.29 is 26.7 Å². The molecule has 1 N–H and O–H groups in total. The van der Waals surface area contributed by atoms with Gasteiger partial charge >= 0.3 is 12.1 Å². The fraction of sp³-hybridized carbons (Fsp3) is 0.167. The zero-order valence-corrected chi connectivity index (χ0v) is 18.6. The molecule has 0 aliphatic heterocycles. The second kappa shape index (κ2) is 8.40. The number of carbonyl (C=O) groups is 1. The highest BCUT2D eigenvalue weighted by atomic mass is 19.4. The molecule has 0 unspecified atom stereocenters. The molecule has 0 aliphatic carbocycles. The molecule has 0 saturated carbocycles. The van der Waals surface area contributed by atoms with Crippen molar-refractivity contribution in [3.8, 4) is 0 Å². The number of carbonyl (C=O) groups excluding carboxylic acids is 1. The smallest absolute Gasteiger partial charge is 0.318 e. The van der Waals surface area contributed by atoms with E-state index in [9.17, 15) is 26.7 Å². The number of benzene rings is 2. The molecule has 0 atom stereocenters. The number of hydrogen-bond donors (Lipinski definition) is 1. The number of rotatable bonds is 5. The SMILES string of the molecule is Cc1cc(C(F)(F)C(F)(F)F)n2nc(C(=O)Nc3cnn(Cc4cccc5ccccc45)c3)cc2n1. The lowest BCUT2D eigenvalue weighted by Crippen LogP contribution is -2.36. The molecule has 5 aromatic rings. The third-order valence-corrected chi connectivity index (χ3v) is 5.57. The summed E-state index contributed by atoms with van der Waals surface area (Å²) in [6, 6.07) is 15.4. The number of amides is 1. The summed E-state index contributed by atoms with van der Waals surface area (Å²) < 4.78 is 69.0. The maximum atomic E-state index is 14.1. The molecule has 184 valence electrons. The molecule has 0 saturated heterocycles. The highest BCUT2D eigenvalue weighted by Crippen LogP contribution is 2.43. The minimum Gasteiger partial charge on any atom is -0.318 e. The van der Waals surface area contributed by atoms with Crippen molar-refractivity contribution in [2.45, 2.75) is 25.6 Å². The summed E-state index contributed by atoms with van der Waals surface area (Å²) in [5.74, 6) is -6.01. The Balaban J connectivity index is 1.39. The fourth-order valence-corrected chi connectivity index (χ4v) is 3.89. The first-order valence-corrected chi connectivity index (χ1v) is 10.7. The summed E-state index contributed by atoms with van der Waals surface area (Å²) in [6.45, 7) is 1.69. The van der Waals surface area contributed by atoms with Crippen molar-refractivity contribution >= 4 is 28.0 Å². The number of aromatic nitrogens is 5. The number of aryl methyl sites for hydroxylation is 1. The van der Waals surface area contributed by atoms with Crippen molar-refractivity contribution in [1.29, 1.82) is 0 Å². The first-order chi connectivity index (χ1) is 17.0. The maximum Gasteiger partial charge on any atom is 0.459 e. The lowest BCUT2D eigenvalue weighted by atomic mass is 10.0. The molecule has 36 heavy (non-hydrogen) atoms. The normalized spacial score (nSPS) is 12.4. The molecule has 0 bridgehead atoms. The van der Waals surface area contributed by atoms with E-state index in [2.05, 4.69) is 20.5 Å². The summed E-state index contributed by atoms with van der Waals surface area (Å²) in [5.41, 5.74) is -0.904. The average molecular weight is 500 g/mol. The quantitative estimate of drug-likeness (QED) is 0.331. The average Bonchev–Trinajstić information content (AvgIpc) is 3.44. The van der Waals surface area contributed by atoms with Crippen molar-refractivity contribution in [1.82, 2.24) is 24.4 Å². The van der Waals surface area contributed by atoms with E-state index in [4.69, 9.17) is 0 Å². The van der Waals surface area contributed by atoms with Crippen LogP contribution in [0.15, 0.2) is 67.0 Å². The summed E-state index contributed by atoms with van der Waals surface area (Å²) in [5, 5.41) is 12.6. The van der Waals surface area contributed by atoms with Gasteiger partial charge in [0, 0.05) is 18.0 Å². The number of hydrogen-bond acceptors (Lipinski definition) is 4. The molecule has 0 spiro atoms. The van der Waals surface area contributed by atoms with Gasteiger partial charge in [0.15, 0.2) is 11.3 Å². The molecule has 7 nitrogen and oxygen atoms in total. The van der Waals surface area contributed by atoms with Crippen LogP contribution in [0.2, 0.25) is 0 Å². The van der Waals surface area contributed by atoms with Gasteiger partial charge in [-0.2, -0.15) is 32.1 Å². The first-order valence-electron chi connectivity index (χ1n) is 10.7. The van der Waals surface area contributed by atoms with E-state index in [0.717, 1.165) is 22.4 Å². The van der Waals surface area contributed by atoms with Crippen molar-refractivity contribution in [3.05, 3.63) is 89.6 Å². The van der Waals surface area contributed by atoms with E-state index in [0.29, 0.717) is 22.8 Å². The third kappa shape index (κ3) is 4.14. The van der Waals surface area contributed by atoms with E-state index < -0.39 is 23.7 Å². The molecule has 3 aromatic heterocycles. The van der Waals surface area contributed by atoms with Gasteiger partial charge in [0.2, 0.25) is 0 Å². The van der Waals surface area contributed by atoms with Gasteiger partial charge < -0.3 is 5.32 Å². The van der Waals surface area contributed by atoms with Crippen LogP contribution in [0.5, 0.6) is 0 Å². The Morgan fingerprint density at radius 3 is 2.56 bits per heavy atom. The van der Waals surface area contributed by atoms with Gasteiger partial charge in [0.25, 0.3) is 5.91 Å². The van der Waals surface area contributed by atoms with Crippen LogP contribution >= 0.6 is 0 Å². The van der Waals surface area contributed by atoms with Crippen LogP contribution in [-0.2, 0) is 12.5 Å². The van der Waals surface area contributed by atoms with Gasteiger partial charge in [0.05, 0.1) is 18.4 Å².